The van der Waals surface area contributed by atoms with E-state index in [2.05, 4.69) is 43.5 Å². The summed E-state index contributed by atoms with van der Waals surface area (Å²) in [6.45, 7) is 4.87. The maximum Gasteiger partial charge on any atom is 0.231 e. The predicted octanol–water partition coefficient (Wildman–Crippen LogP) is 3.36. The maximum absolute atomic E-state index is 6.02. The van der Waals surface area contributed by atoms with Crippen molar-refractivity contribution in [2.75, 3.05) is 23.3 Å². The molecule has 1 aliphatic heterocycles. The van der Waals surface area contributed by atoms with Crippen LogP contribution in [0.15, 0.2) is 11.4 Å². The third-order valence-corrected chi connectivity index (χ3v) is 4.74. The van der Waals surface area contributed by atoms with Gasteiger partial charge in [0.1, 0.15) is 0 Å². The summed E-state index contributed by atoms with van der Waals surface area (Å²) in [5.74, 6) is 1.23. The third kappa shape index (κ3) is 3.44. The van der Waals surface area contributed by atoms with E-state index < -0.39 is 0 Å². The van der Waals surface area contributed by atoms with E-state index in [9.17, 15) is 0 Å². The molecule has 7 heteroatoms. The molecule has 0 atom stereocenters. The highest BCUT2D eigenvalue weighted by atomic mass is 35.5. The molecule has 0 bridgehead atoms. The molecule has 1 N–H and O–H groups in total. The van der Waals surface area contributed by atoms with Gasteiger partial charge in [-0.3, -0.25) is 0 Å². The number of nitrogens with one attached hydrogen (secondary N) is 1. The number of rotatable bonds is 5. The number of aromatic nitrogens is 3. The highest BCUT2D eigenvalue weighted by molar-refractivity contribution is 7.10. The largest absolute Gasteiger partial charge is 0.349 e. The standard InChI is InChI=1S/C14H18ClN5S/c1-2-10-5-8-21-11(10)9-16-13-17-12(15)18-14(19-13)20-6-3-4-7-20/h5,8H,2-4,6-7,9H2,1H3,(H,16,17,18,19). The number of hydrogen-bond acceptors (Lipinski definition) is 6. The molecular weight excluding hydrogens is 306 g/mol. The fraction of sp³-hybridized carbons (Fsp3) is 0.500. The highest BCUT2D eigenvalue weighted by Crippen LogP contribution is 2.21. The summed E-state index contributed by atoms with van der Waals surface area (Å²) < 4.78 is 0. The number of aryl methyl sites for hydroxylation is 1. The van der Waals surface area contributed by atoms with E-state index in [4.69, 9.17) is 11.6 Å². The molecule has 1 fully saturated rings. The average molecular weight is 324 g/mol. The van der Waals surface area contributed by atoms with E-state index in [0.29, 0.717) is 11.9 Å². The Labute approximate surface area is 133 Å². The van der Waals surface area contributed by atoms with Crippen molar-refractivity contribution in [3.63, 3.8) is 0 Å². The van der Waals surface area contributed by atoms with Crippen LogP contribution in [-0.2, 0) is 13.0 Å². The van der Waals surface area contributed by atoms with Gasteiger partial charge in [-0.15, -0.1) is 11.3 Å². The van der Waals surface area contributed by atoms with Gasteiger partial charge in [-0.05, 0) is 47.9 Å². The van der Waals surface area contributed by atoms with Crippen LogP contribution in [0.1, 0.15) is 30.2 Å². The first-order valence-corrected chi connectivity index (χ1v) is 8.47. The molecule has 2 aromatic heterocycles. The van der Waals surface area contributed by atoms with Gasteiger partial charge < -0.3 is 10.2 Å². The Balaban J connectivity index is 1.73. The van der Waals surface area contributed by atoms with Crippen LogP contribution in [0.5, 0.6) is 0 Å². The Morgan fingerprint density at radius 2 is 2.10 bits per heavy atom. The van der Waals surface area contributed by atoms with E-state index in [0.717, 1.165) is 26.1 Å². The molecular formula is C14H18ClN5S. The zero-order chi connectivity index (χ0) is 14.7. The Morgan fingerprint density at radius 3 is 2.86 bits per heavy atom. The van der Waals surface area contributed by atoms with Crippen LogP contribution < -0.4 is 10.2 Å². The lowest BCUT2D eigenvalue weighted by Gasteiger charge is -2.15. The number of nitrogens with zero attached hydrogens (tertiary/aromatic N) is 4. The molecule has 1 aliphatic rings. The predicted molar refractivity (Wildman–Crippen MR) is 87.3 cm³/mol. The quantitative estimate of drug-likeness (QED) is 0.914. The van der Waals surface area contributed by atoms with Crippen LogP contribution >= 0.6 is 22.9 Å². The lowest BCUT2D eigenvalue weighted by Crippen LogP contribution is -2.21. The molecule has 2 aromatic rings. The molecule has 0 aliphatic carbocycles. The number of anilines is 2. The number of halogens is 1. The first-order valence-electron chi connectivity index (χ1n) is 7.22. The van der Waals surface area contributed by atoms with Crippen molar-refractivity contribution in [1.82, 2.24) is 15.0 Å². The molecule has 1 saturated heterocycles. The molecule has 0 unspecified atom stereocenters. The van der Waals surface area contributed by atoms with E-state index in [1.807, 2.05) is 0 Å². The molecule has 21 heavy (non-hydrogen) atoms. The summed E-state index contributed by atoms with van der Waals surface area (Å²) in [6.07, 6.45) is 3.40. The van der Waals surface area contributed by atoms with Crippen LogP contribution in [0.4, 0.5) is 11.9 Å². The van der Waals surface area contributed by atoms with E-state index in [1.165, 1.54) is 23.3 Å². The summed E-state index contributed by atoms with van der Waals surface area (Å²) >= 11 is 7.77. The molecule has 5 nitrogen and oxygen atoms in total. The first kappa shape index (κ1) is 14.5. The maximum atomic E-state index is 6.02. The summed E-state index contributed by atoms with van der Waals surface area (Å²) in [6, 6.07) is 2.16. The number of hydrogen-bond donors (Lipinski definition) is 1. The second kappa shape index (κ2) is 6.58. The van der Waals surface area contributed by atoms with Crippen LogP contribution in [0, 0.1) is 0 Å². The van der Waals surface area contributed by atoms with Crippen molar-refractivity contribution in [2.24, 2.45) is 0 Å². The minimum Gasteiger partial charge on any atom is -0.349 e. The first-order chi connectivity index (χ1) is 10.3. The van der Waals surface area contributed by atoms with Gasteiger partial charge in [0.25, 0.3) is 0 Å². The summed E-state index contributed by atoms with van der Waals surface area (Å²) in [4.78, 5) is 16.4. The highest BCUT2D eigenvalue weighted by Gasteiger charge is 2.17. The normalized spacial score (nSPS) is 14.7. The molecule has 112 valence electrons. The fourth-order valence-corrected chi connectivity index (χ4v) is 3.55. The fourth-order valence-electron chi connectivity index (χ4n) is 2.47. The Kier molecular flexibility index (Phi) is 4.55. The van der Waals surface area contributed by atoms with E-state index >= 15 is 0 Å². The van der Waals surface area contributed by atoms with Gasteiger partial charge in [0, 0.05) is 18.0 Å². The van der Waals surface area contributed by atoms with Gasteiger partial charge in [0.05, 0.1) is 6.54 Å². The average Bonchev–Trinajstić information content (AvgIpc) is 3.15. The van der Waals surface area contributed by atoms with Crippen LogP contribution in [-0.4, -0.2) is 28.0 Å². The van der Waals surface area contributed by atoms with Crippen LogP contribution in [0.2, 0.25) is 5.28 Å². The van der Waals surface area contributed by atoms with Crippen molar-refractivity contribution in [2.45, 2.75) is 32.7 Å². The zero-order valence-corrected chi connectivity index (χ0v) is 13.5. The van der Waals surface area contributed by atoms with E-state index in [1.54, 1.807) is 11.3 Å². The van der Waals surface area contributed by atoms with Crippen LogP contribution in [0.25, 0.3) is 0 Å². The summed E-state index contributed by atoms with van der Waals surface area (Å²) in [7, 11) is 0. The minimum absolute atomic E-state index is 0.247. The van der Waals surface area contributed by atoms with Gasteiger partial charge >= 0.3 is 0 Å². The Bertz CT molecular complexity index is 609. The summed E-state index contributed by atoms with van der Waals surface area (Å²) in [5.41, 5.74) is 1.37. The van der Waals surface area contributed by atoms with Gasteiger partial charge in [-0.1, -0.05) is 6.92 Å². The van der Waals surface area contributed by atoms with Crippen molar-refractivity contribution in [1.29, 1.82) is 0 Å². The molecule has 0 amide bonds. The van der Waals surface area contributed by atoms with Crippen molar-refractivity contribution < 1.29 is 0 Å². The third-order valence-electron chi connectivity index (χ3n) is 3.61. The lowest BCUT2D eigenvalue weighted by atomic mass is 10.2. The molecule has 3 heterocycles. The minimum atomic E-state index is 0.247. The van der Waals surface area contributed by atoms with Gasteiger partial charge in [0.15, 0.2) is 0 Å². The van der Waals surface area contributed by atoms with Crippen molar-refractivity contribution >= 4 is 34.8 Å². The molecule has 0 saturated carbocycles. The van der Waals surface area contributed by atoms with E-state index in [-0.39, 0.29) is 5.28 Å². The molecule has 0 aromatic carbocycles. The molecule has 0 spiro atoms. The SMILES string of the molecule is CCc1ccsc1CNc1nc(Cl)nc(N2CCCC2)n1. The van der Waals surface area contributed by atoms with Crippen LogP contribution in [0.3, 0.4) is 0 Å². The van der Waals surface area contributed by atoms with Gasteiger partial charge in [-0.25, -0.2) is 0 Å². The topological polar surface area (TPSA) is 53.9 Å². The van der Waals surface area contributed by atoms with Gasteiger partial charge in [-0.2, -0.15) is 15.0 Å². The van der Waals surface area contributed by atoms with Gasteiger partial charge in [0.2, 0.25) is 17.2 Å². The van der Waals surface area contributed by atoms with Crippen molar-refractivity contribution in [3.8, 4) is 0 Å². The Morgan fingerprint density at radius 1 is 1.29 bits per heavy atom. The number of thiophene rings is 1. The monoisotopic (exact) mass is 323 g/mol. The lowest BCUT2D eigenvalue weighted by molar-refractivity contribution is 0.876. The zero-order valence-electron chi connectivity index (χ0n) is 12.0. The smallest absolute Gasteiger partial charge is 0.231 e. The van der Waals surface area contributed by atoms with Crippen molar-refractivity contribution in [3.05, 3.63) is 27.2 Å². The molecule has 3 rings (SSSR count). The second-order valence-corrected chi connectivity index (χ2v) is 6.34. The molecule has 0 radical (unpaired) electrons. The Hall–Kier alpha value is -1.40. The second-order valence-electron chi connectivity index (χ2n) is 5.00. The summed E-state index contributed by atoms with van der Waals surface area (Å²) in [5, 5.41) is 5.63.